The van der Waals surface area contributed by atoms with Gasteiger partial charge in [-0.15, -0.1) is 11.8 Å². The standard InChI is InChI=1S/C17H17Cl2NO2S/c1-12-2-5-14(6-3-12)23-9-8-20-17(21)11-22-13-4-7-15(18)16(19)10-13/h2-7,10H,8-9,11H2,1H3,(H,20,21). The Kier molecular flexibility index (Phi) is 7.09. The fraction of sp³-hybridized carbons (Fsp3) is 0.235. The molecule has 0 atom stereocenters. The van der Waals surface area contributed by atoms with Crippen molar-refractivity contribution in [1.82, 2.24) is 5.32 Å². The smallest absolute Gasteiger partial charge is 0.257 e. The lowest BCUT2D eigenvalue weighted by Crippen LogP contribution is -2.30. The Bertz CT molecular complexity index is 662. The highest BCUT2D eigenvalue weighted by Crippen LogP contribution is 2.26. The minimum atomic E-state index is -0.166. The molecule has 1 amide bonds. The van der Waals surface area contributed by atoms with Crippen LogP contribution in [-0.4, -0.2) is 24.8 Å². The van der Waals surface area contributed by atoms with Crippen LogP contribution in [0.1, 0.15) is 5.56 Å². The average Bonchev–Trinajstić information content (AvgIpc) is 2.54. The van der Waals surface area contributed by atoms with E-state index in [0.29, 0.717) is 22.3 Å². The summed E-state index contributed by atoms with van der Waals surface area (Å²) in [6.45, 7) is 2.60. The topological polar surface area (TPSA) is 38.3 Å². The Morgan fingerprint density at radius 2 is 1.87 bits per heavy atom. The second-order valence-electron chi connectivity index (χ2n) is 4.88. The van der Waals surface area contributed by atoms with Crippen LogP contribution in [0.3, 0.4) is 0 Å². The molecule has 122 valence electrons. The van der Waals surface area contributed by atoms with Gasteiger partial charge in [0, 0.05) is 23.3 Å². The molecule has 0 aliphatic carbocycles. The zero-order chi connectivity index (χ0) is 16.7. The summed E-state index contributed by atoms with van der Waals surface area (Å²) < 4.78 is 5.37. The zero-order valence-corrected chi connectivity index (χ0v) is 15.0. The van der Waals surface area contributed by atoms with Crippen molar-refractivity contribution in [3.8, 4) is 5.75 Å². The summed E-state index contributed by atoms with van der Waals surface area (Å²) in [6.07, 6.45) is 0. The summed E-state index contributed by atoms with van der Waals surface area (Å²) in [7, 11) is 0. The van der Waals surface area contributed by atoms with E-state index in [0.717, 1.165) is 5.75 Å². The van der Waals surface area contributed by atoms with E-state index >= 15 is 0 Å². The summed E-state index contributed by atoms with van der Waals surface area (Å²) in [5.41, 5.74) is 1.24. The maximum Gasteiger partial charge on any atom is 0.257 e. The van der Waals surface area contributed by atoms with E-state index in [2.05, 4.69) is 36.5 Å². The minimum Gasteiger partial charge on any atom is -0.484 e. The maximum absolute atomic E-state index is 11.7. The normalized spacial score (nSPS) is 10.4. The molecule has 0 heterocycles. The number of ether oxygens (including phenoxy) is 1. The second kappa shape index (κ2) is 9.06. The molecular weight excluding hydrogens is 353 g/mol. The van der Waals surface area contributed by atoms with Crippen molar-refractivity contribution in [3.63, 3.8) is 0 Å². The molecule has 0 fully saturated rings. The highest BCUT2D eigenvalue weighted by atomic mass is 35.5. The Labute approximate surface area is 150 Å². The molecule has 0 saturated heterocycles. The molecule has 0 unspecified atom stereocenters. The Morgan fingerprint density at radius 3 is 2.57 bits per heavy atom. The SMILES string of the molecule is Cc1ccc(SCCNC(=O)COc2ccc(Cl)c(Cl)c2)cc1. The van der Waals surface area contributed by atoms with Gasteiger partial charge in [-0.3, -0.25) is 4.79 Å². The number of rotatable bonds is 7. The molecule has 2 aromatic rings. The Hall–Kier alpha value is -1.36. The monoisotopic (exact) mass is 369 g/mol. The van der Waals surface area contributed by atoms with Gasteiger partial charge in [0.1, 0.15) is 5.75 Å². The van der Waals surface area contributed by atoms with Gasteiger partial charge in [-0.1, -0.05) is 40.9 Å². The van der Waals surface area contributed by atoms with Gasteiger partial charge in [0.15, 0.2) is 6.61 Å². The predicted molar refractivity (Wildman–Crippen MR) is 96.9 cm³/mol. The molecule has 0 saturated carbocycles. The van der Waals surface area contributed by atoms with Crippen LogP contribution in [0.2, 0.25) is 10.0 Å². The molecule has 23 heavy (non-hydrogen) atoms. The number of hydrogen-bond acceptors (Lipinski definition) is 3. The van der Waals surface area contributed by atoms with Crippen molar-refractivity contribution in [2.45, 2.75) is 11.8 Å². The molecule has 6 heteroatoms. The number of nitrogens with one attached hydrogen (secondary N) is 1. The average molecular weight is 370 g/mol. The van der Waals surface area contributed by atoms with E-state index in [9.17, 15) is 4.79 Å². The van der Waals surface area contributed by atoms with Gasteiger partial charge >= 0.3 is 0 Å². The van der Waals surface area contributed by atoms with E-state index in [1.165, 1.54) is 10.5 Å². The Balaban J connectivity index is 1.65. The summed E-state index contributed by atoms with van der Waals surface area (Å²) in [5, 5.41) is 3.67. The van der Waals surface area contributed by atoms with Crippen molar-refractivity contribution in [2.24, 2.45) is 0 Å². The zero-order valence-electron chi connectivity index (χ0n) is 12.6. The third-order valence-corrected chi connectivity index (χ3v) is 4.73. The lowest BCUT2D eigenvalue weighted by Gasteiger charge is -2.08. The van der Waals surface area contributed by atoms with Crippen LogP contribution in [0, 0.1) is 6.92 Å². The van der Waals surface area contributed by atoms with Gasteiger partial charge in [0.05, 0.1) is 10.0 Å². The van der Waals surface area contributed by atoms with Gasteiger partial charge < -0.3 is 10.1 Å². The van der Waals surface area contributed by atoms with Crippen LogP contribution in [0.25, 0.3) is 0 Å². The first kappa shape index (κ1) is 18.0. The third kappa shape index (κ3) is 6.34. The van der Waals surface area contributed by atoms with E-state index in [4.69, 9.17) is 27.9 Å². The summed E-state index contributed by atoms with van der Waals surface area (Å²) in [6, 6.07) is 13.2. The molecule has 0 bridgehead atoms. The number of benzene rings is 2. The van der Waals surface area contributed by atoms with E-state index < -0.39 is 0 Å². The Morgan fingerprint density at radius 1 is 1.13 bits per heavy atom. The predicted octanol–water partition coefficient (Wildman–Crippen LogP) is 4.59. The van der Waals surface area contributed by atoms with Gasteiger partial charge in [-0.05, 0) is 31.2 Å². The fourth-order valence-corrected chi connectivity index (χ4v) is 2.82. The van der Waals surface area contributed by atoms with E-state index in [1.54, 1.807) is 30.0 Å². The number of aryl methyl sites for hydroxylation is 1. The molecule has 2 aromatic carbocycles. The molecule has 3 nitrogen and oxygen atoms in total. The van der Waals surface area contributed by atoms with E-state index in [-0.39, 0.29) is 12.5 Å². The molecule has 2 rings (SSSR count). The second-order valence-corrected chi connectivity index (χ2v) is 6.86. The summed E-state index contributed by atoms with van der Waals surface area (Å²) in [5.74, 6) is 1.16. The molecule has 0 spiro atoms. The quantitative estimate of drug-likeness (QED) is 0.572. The number of hydrogen-bond donors (Lipinski definition) is 1. The van der Waals surface area contributed by atoms with Crippen LogP contribution < -0.4 is 10.1 Å². The molecule has 1 N–H and O–H groups in total. The third-order valence-electron chi connectivity index (χ3n) is 2.97. The number of carbonyl (C=O) groups is 1. The molecule has 0 radical (unpaired) electrons. The van der Waals surface area contributed by atoms with Crippen LogP contribution in [0.4, 0.5) is 0 Å². The van der Waals surface area contributed by atoms with Crippen LogP contribution in [0.5, 0.6) is 5.75 Å². The van der Waals surface area contributed by atoms with Crippen LogP contribution >= 0.6 is 35.0 Å². The number of thioether (sulfide) groups is 1. The van der Waals surface area contributed by atoms with Crippen LogP contribution in [-0.2, 0) is 4.79 Å². The van der Waals surface area contributed by atoms with Gasteiger partial charge in [-0.2, -0.15) is 0 Å². The fourth-order valence-electron chi connectivity index (χ4n) is 1.76. The molecule has 0 aromatic heterocycles. The van der Waals surface area contributed by atoms with Crippen molar-refractivity contribution in [2.75, 3.05) is 18.9 Å². The lowest BCUT2D eigenvalue weighted by atomic mass is 10.2. The minimum absolute atomic E-state index is 0.0485. The highest BCUT2D eigenvalue weighted by molar-refractivity contribution is 7.99. The first-order valence-electron chi connectivity index (χ1n) is 7.08. The van der Waals surface area contributed by atoms with Crippen molar-refractivity contribution >= 4 is 40.9 Å². The van der Waals surface area contributed by atoms with Crippen LogP contribution in [0.15, 0.2) is 47.4 Å². The molecular formula is C17H17Cl2NO2S. The van der Waals surface area contributed by atoms with E-state index in [1.807, 2.05) is 0 Å². The van der Waals surface area contributed by atoms with Gasteiger partial charge in [0.25, 0.3) is 5.91 Å². The molecule has 0 aliphatic rings. The van der Waals surface area contributed by atoms with Crippen molar-refractivity contribution in [1.29, 1.82) is 0 Å². The van der Waals surface area contributed by atoms with Crippen molar-refractivity contribution < 1.29 is 9.53 Å². The number of carbonyl (C=O) groups excluding carboxylic acids is 1. The van der Waals surface area contributed by atoms with Gasteiger partial charge in [0.2, 0.25) is 0 Å². The highest BCUT2D eigenvalue weighted by Gasteiger charge is 2.04. The summed E-state index contributed by atoms with van der Waals surface area (Å²) >= 11 is 13.4. The lowest BCUT2D eigenvalue weighted by molar-refractivity contribution is -0.122. The summed E-state index contributed by atoms with van der Waals surface area (Å²) in [4.78, 5) is 12.9. The largest absolute Gasteiger partial charge is 0.484 e. The first-order chi connectivity index (χ1) is 11.0. The number of amides is 1. The van der Waals surface area contributed by atoms with Crippen molar-refractivity contribution in [3.05, 3.63) is 58.1 Å². The molecule has 0 aliphatic heterocycles. The van der Waals surface area contributed by atoms with Gasteiger partial charge in [-0.25, -0.2) is 0 Å². The first-order valence-corrected chi connectivity index (χ1v) is 8.83. The number of halogens is 2. The maximum atomic E-state index is 11.7.